The molecule has 1 aliphatic heterocycles. The molecule has 1 atom stereocenters. The van der Waals surface area contributed by atoms with E-state index in [1.165, 1.54) is 11.6 Å². The number of amidine groups is 1. The molecule has 0 aromatic heterocycles. The molecule has 0 radical (unpaired) electrons. The number of halogens is 1. The molecule has 28 heavy (non-hydrogen) atoms. The number of benzene rings is 2. The lowest BCUT2D eigenvalue weighted by Gasteiger charge is -2.28. The van der Waals surface area contributed by atoms with Crippen molar-refractivity contribution < 1.29 is 4.92 Å². The second-order valence-electron chi connectivity index (χ2n) is 7.32. The topological polar surface area (TPSA) is 58.7 Å². The third-order valence-corrected chi connectivity index (χ3v) is 5.71. The smallest absolute Gasteiger partial charge is 0.269 e. The van der Waals surface area contributed by atoms with Gasteiger partial charge < -0.3 is 4.90 Å². The van der Waals surface area contributed by atoms with Gasteiger partial charge in [0.1, 0.15) is 0 Å². The first-order valence-corrected chi connectivity index (χ1v) is 10.2. The van der Waals surface area contributed by atoms with Gasteiger partial charge in [-0.05, 0) is 36.5 Å². The summed E-state index contributed by atoms with van der Waals surface area (Å²) < 4.78 is 0. The van der Waals surface area contributed by atoms with Crippen LogP contribution in [0.5, 0.6) is 0 Å². The summed E-state index contributed by atoms with van der Waals surface area (Å²) in [6, 6.07) is 15.8. The number of hydrogen-bond donors (Lipinski definition) is 0. The Bertz CT molecular complexity index is 843. The number of nitro benzene ring substituents is 1. The van der Waals surface area contributed by atoms with Gasteiger partial charge in [-0.2, -0.15) is 0 Å². The van der Waals surface area contributed by atoms with Crippen LogP contribution in [0.25, 0.3) is 0 Å². The van der Waals surface area contributed by atoms with Gasteiger partial charge in [0, 0.05) is 30.5 Å². The van der Waals surface area contributed by atoms with E-state index in [1.54, 1.807) is 23.9 Å². The molecule has 2 aromatic rings. The van der Waals surface area contributed by atoms with Crippen molar-refractivity contribution in [2.24, 2.45) is 10.9 Å². The van der Waals surface area contributed by atoms with Crippen LogP contribution in [0.4, 0.5) is 11.4 Å². The van der Waals surface area contributed by atoms with Crippen LogP contribution in [0.3, 0.4) is 0 Å². The molecule has 3 rings (SSSR count). The Morgan fingerprint density at radius 3 is 2.57 bits per heavy atom. The molecule has 0 amide bonds. The summed E-state index contributed by atoms with van der Waals surface area (Å²) in [5.74, 6) is 1.54. The molecule has 1 fully saturated rings. The fraction of sp³-hybridized carbons (Fsp3) is 0.381. The highest BCUT2D eigenvalue weighted by atomic mass is 35.5. The first kappa shape index (κ1) is 22.2. The lowest BCUT2D eigenvalue weighted by molar-refractivity contribution is -0.384. The van der Waals surface area contributed by atoms with E-state index in [-0.39, 0.29) is 23.0 Å². The largest absolute Gasteiger partial charge is 0.347 e. The van der Waals surface area contributed by atoms with Crippen LogP contribution in [0.15, 0.2) is 53.5 Å². The maximum atomic E-state index is 11.0. The van der Waals surface area contributed by atoms with Crippen molar-refractivity contribution in [3.63, 3.8) is 0 Å². The van der Waals surface area contributed by atoms with Crippen LogP contribution in [0, 0.1) is 23.0 Å². The van der Waals surface area contributed by atoms with Crippen molar-refractivity contribution in [1.82, 2.24) is 4.90 Å². The molecule has 150 valence electrons. The van der Waals surface area contributed by atoms with Gasteiger partial charge in [-0.15, -0.1) is 12.4 Å². The van der Waals surface area contributed by atoms with E-state index < -0.39 is 0 Å². The van der Waals surface area contributed by atoms with Gasteiger partial charge in [-0.1, -0.05) is 55.9 Å². The monoisotopic (exact) mass is 419 g/mol. The van der Waals surface area contributed by atoms with Crippen LogP contribution >= 0.6 is 24.2 Å². The zero-order valence-electron chi connectivity index (χ0n) is 16.4. The molecular weight excluding hydrogens is 394 g/mol. The van der Waals surface area contributed by atoms with Gasteiger partial charge >= 0.3 is 0 Å². The Hall–Kier alpha value is -2.05. The van der Waals surface area contributed by atoms with Crippen molar-refractivity contribution in [1.29, 1.82) is 0 Å². The molecule has 0 bridgehead atoms. The Kier molecular flexibility index (Phi) is 7.89. The Labute approximate surface area is 176 Å². The predicted octanol–water partition coefficient (Wildman–Crippen LogP) is 5.63. The summed E-state index contributed by atoms with van der Waals surface area (Å²) in [4.78, 5) is 17.9. The molecular formula is C21H26ClN3O2S. The van der Waals surface area contributed by atoms with E-state index in [4.69, 9.17) is 4.99 Å². The highest BCUT2D eigenvalue weighted by Gasteiger charge is 2.30. The van der Waals surface area contributed by atoms with E-state index in [2.05, 4.69) is 43.0 Å². The first-order chi connectivity index (χ1) is 12.9. The van der Waals surface area contributed by atoms with Gasteiger partial charge in [0.05, 0.1) is 10.6 Å². The normalized spacial score (nSPS) is 17.8. The molecule has 7 heteroatoms. The SMILES string of the molecule is Cc1cc([N+](=O)[O-])ccc1N=C1SC[C@H](Cc2ccccc2)N1CC(C)C.Cl. The number of nitrogens with zero attached hydrogens (tertiary/aromatic N) is 3. The second-order valence-corrected chi connectivity index (χ2v) is 8.31. The molecule has 0 saturated carbocycles. The fourth-order valence-electron chi connectivity index (χ4n) is 3.25. The number of nitro groups is 1. The average molecular weight is 420 g/mol. The Morgan fingerprint density at radius 2 is 1.96 bits per heavy atom. The highest BCUT2D eigenvalue weighted by molar-refractivity contribution is 8.14. The number of thioether (sulfide) groups is 1. The van der Waals surface area contributed by atoms with Gasteiger partial charge in [0.2, 0.25) is 0 Å². The third kappa shape index (κ3) is 5.49. The lowest BCUT2D eigenvalue weighted by Crippen LogP contribution is -2.38. The summed E-state index contributed by atoms with van der Waals surface area (Å²) in [5, 5.41) is 12.0. The lowest BCUT2D eigenvalue weighted by atomic mass is 10.1. The third-order valence-electron chi connectivity index (χ3n) is 4.57. The molecule has 0 N–H and O–H groups in total. The van der Waals surface area contributed by atoms with Crippen molar-refractivity contribution in [3.8, 4) is 0 Å². The number of aliphatic imine (C=N–C) groups is 1. The molecule has 0 aliphatic carbocycles. The summed E-state index contributed by atoms with van der Waals surface area (Å²) in [6.45, 7) is 7.27. The quantitative estimate of drug-likeness (QED) is 0.449. The molecule has 0 unspecified atom stereocenters. The second kappa shape index (κ2) is 9.94. The molecule has 1 saturated heterocycles. The van der Waals surface area contributed by atoms with Crippen molar-refractivity contribution in [2.75, 3.05) is 12.3 Å². The minimum absolute atomic E-state index is 0. The molecule has 2 aromatic carbocycles. The molecule has 0 spiro atoms. The van der Waals surface area contributed by atoms with Crippen LogP contribution in [0.1, 0.15) is 25.0 Å². The Balaban J connectivity index is 0.00000280. The average Bonchev–Trinajstić information content (AvgIpc) is 2.98. The number of non-ortho nitro benzene ring substituents is 1. The van der Waals surface area contributed by atoms with E-state index >= 15 is 0 Å². The van der Waals surface area contributed by atoms with Gasteiger partial charge in [-0.3, -0.25) is 10.1 Å². The summed E-state index contributed by atoms with van der Waals surface area (Å²) >= 11 is 1.78. The molecule has 1 aliphatic rings. The minimum Gasteiger partial charge on any atom is -0.347 e. The van der Waals surface area contributed by atoms with Crippen molar-refractivity contribution >= 4 is 40.7 Å². The first-order valence-electron chi connectivity index (χ1n) is 9.21. The van der Waals surface area contributed by atoms with Crippen LogP contribution in [-0.2, 0) is 6.42 Å². The highest BCUT2D eigenvalue weighted by Crippen LogP contribution is 2.32. The Morgan fingerprint density at radius 1 is 1.25 bits per heavy atom. The van der Waals surface area contributed by atoms with Crippen molar-refractivity contribution in [3.05, 3.63) is 69.8 Å². The van der Waals surface area contributed by atoms with E-state index in [1.807, 2.05) is 13.0 Å². The molecule has 1 heterocycles. The summed E-state index contributed by atoms with van der Waals surface area (Å²) in [5.41, 5.74) is 3.08. The van der Waals surface area contributed by atoms with Crippen molar-refractivity contribution in [2.45, 2.75) is 33.2 Å². The summed E-state index contributed by atoms with van der Waals surface area (Å²) in [6.07, 6.45) is 0.999. The number of hydrogen-bond acceptors (Lipinski definition) is 4. The van der Waals surface area contributed by atoms with Gasteiger partial charge in [0.15, 0.2) is 5.17 Å². The van der Waals surface area contributed by atoms with Gasteiger partial charge in [-0.25, -0.2) is 4.99 Å². The zero-order chi connectivity index (χ0) is 19.4. The molecule has 5 nitrogen and oxygen atoms in total. The zero-order valence-corrected chi connectivity index (χ0v) is 18.0. The summed E-state index contributed by atoms with van der Waals surface area (Å²) in [7, 11) is 0. The van der Waals surface area contributed by atoms with E-state index in [9.17, 15) is 10.1 Å². The van der Waals surface area contributed by atoms with Crippen LogP contribution < -0.4 is 0 Å². The van der Waals surface area contributed by atoms with Crippen LogP contribution in [-0.4, -0.2) is 33.3 Å². The maximum Gasteiger partial charge on any atom is 0.269 e. The maximum absolute atomic E-state index is 11.0. The predicted molar refractivity (Wildman–Crippen MR) is 120 cm³/mol. The minimum atomic E-state index is -0.366. The van der Waals surface area contributed by atoms with Crippen LogP contribution in [0.2, 0.25) is 0 Å². The number of aryl methyl sites for hydroxylation is 1. The standard InChI is InChI=1S/C21H25N3O2S.ClH/c1-15(2)13-23-19(12-17-7-5-4-6-8-17)14-27-21(23)22-20-10-9-18(24(25)26)11-16(20)3;/h4-11,15,19H,12-14H2,1-3H3;1H/t19-;/m0./s1. The fourth-order valence-corrected chi connectivity index (χ4v) is 4.45. The van der Waals surface area contributed by atoms with Gasteiger partial charge in [0.25, 0.3) is 5.69 Å². The van der Waals surface area contributed by atoms with E-state index in [0.717, 1.165) is 35.1 Å². The number of rotatable bonds is 6. The van der Waals surface area contributed by atoms with E-state index in [0.29, 0.717) is 12.0 Å².